The van der Waals surface area contributed by atoms with Crippen LogP contribution in [0.15, 0.2) is 18.3 Å². The Bertz CT molecular complexity index is 682. The third kappa shape index (κ3) is 2.04. The summed E-state index contributed by atoms with van der Waals surface area (Å²) in [6, 6.07) is 3.37. The van der Waals surface area contributed by atoms with Gasteiger partial charge >= 0.3 is 6.03 Å². The minimum Gasteiger partial charge on any atom is -0.353 e. The molecule has 1 aromatic rings. The lowest BCUT2D eigenvalue weighted by molar-refractivity contribution is -0.133. The van der Waals surface area contributed by atoms with Crippen molar-refractivity contribution in [1.82, 2.24) is 14.8 Å². The van der Waals surface area contributed by atoms with Gasteiger partial charge in [0.2, 0.25) is 0 Å². The van der Waals surface area contributed by atoms with E-state index >= 15 is 0 Å². The molecule has 4 heterocycles. The van der Waals surface area contributed by atoms with Gasteiger partial charge in [0.15, 0.2) is 0 Å². The molecule has 6 nitrogen and oxygen atoms in total. The number of carbonyl (C=O) groups excluding carboxylic acids is 2. The number of carbonyl (C=O) groups is 2. The largest absolute Gasteiger partial charge is 0.353 e. The van der Waals surface area contributed by atoms with Crippen LogP contribution in [0.25, 0.3) is 0 Å². The number of rotatable bonds is 2. The second-order valence-corrected chi connectivity index (χ2v) is 7.09. The van der Waals surface area contributed by atoms with Crippen molar-refractivity contribution in [2.75, 3.05) is 24.5 Å². The molecular formula is C16H19ClN4O2. The molecule has 3 aliphatic rings. The molecule has 23 heavy (non-hydrogen) atoms. The van der Waals surface area contributed by atoms with Gasteiger partial charge in [0.25, 0.3) is 5.91 Å². The molecule has 2 atom stereocenters. The van der Waals surface area contributed by atoms with E-state index in [0.717, 1.165) is 31.6 Å². The highest BCUT2D eigenvalue weighted by molar-refractivity contribution is 6.32. The number of nitrogens with zero attached hydrogens (tertiary/aromatic N) is 4. The number of halogens is 1. The van der Waals surface area contributed by atoms with Crippen molar-refractivity contribution < 1.29 is 9.59 Å². The fourth-order valence-corrected chi connectivity index (χ4v) is 4.29. The Hall–Kier alpha value is -1.82. The monoisotopic (exact) mass is 334 g/mol. The topological polar surface area (TPSA) is 56.8 Å². The number of imide groups is 1. The van der Waals surface area contributed by atoms with E-state index in [1.807, 2.05) is 6.92 Å². The highest BCUT2D eigenvalue weighted by Crippen LogP contribution is 2.39. The first-order valence-corrected chi connectivity index (χ1v) is 8.41. The summed E-state index contributed by atoms with van der Waals surface area (Å²) in [7, 11) is 0. The molecule has 4 rings (SSSR count). The van der Waals surface area contributed by atoms with Gasteiger partial charge in [-0.1, -0.05) is 11.6 Å². The van der Waals surface area contributed by atoms with Crippen molar-refractivity contribution in [2.24, 2.45) is 0 Å². The number of anilines is 1. The van der Waals surface area contributed by atoms with Crippen molar-refractivity contribution in [1.29, 1.82) is 0 Å². The minimum absolute atomic E-state index is 0.0426. The standard InChI is InChI=1S/C16H19ClN4O2/c1-16-6-3-8-20(16)15(23)21(14(16)22)11-5-9-19(10-11)13-12(17)4-2-7-18-13/h2,4,7,11H,3,5-6,8-10H2,1H3. The first-order chi connectivity index (χ1) is 11.0. The Morgan fingerprint density at radius 1 is 1.35 bits per heavy atom. The quantitative estimate of drug-likeness (QED) is 0.777. The molecule has 0 aromatic carbocycles. The summed E-state index contributed by atoms with van der Waals surface area (Å²) in [5, 5.41) is 0.597. The zero-order valence-corrected chi connectivity index (χ0v) is 13.8. The molecule has 1 aromatic heterocycles. The molecule has 7 heteroatoms. The summed E-state index contributed by atoms with van der Waals surface area (Å²) in [5.74, 6) is 0.682. The second kappa shape index (κ2) is 5.09. The molecule has 3 amide bonds. The van der Waals surface area contributed by atoms with Gasteiger partial charge in [0, 0.05) is 25.8 Å². The number of hydrogen-bond donors (Lipinski definition) is 0. The normalized spacial score (nSPS) is 30.5. The Morgan fingerprint density at radius 3 is 2.91 bits per heavy atom. The van der Waals surface area contributed by atoms with Gasteiger partial charge < -0.3 is 9.80 Å². The van der Waals surface area contributed by atoms with Gasteiger partial charge in [0.1, 0.15) is 11.4 Å². The molecule has 2 unspecified atom stereocenters. The number of fused-ring (bicyclic) bond motifs is 1. The van der Waals surface area contributed by atoms with Crippen LogP contribution in [0.4, 0.5) is 10.6 Å². The van der Waals surface area contributed by atoms with Crippen LogP contribution in [0.2, 0.25) is 5.02 Å². The molecule has 3 fully saturated rings. The lowest BCUT2D eigenvalue weighted by Crippen LogP contribution is -2.45. The van der Waals surface area contributed by atoms with Crippen LogP contribution >= 0.6 is 11.6 Å². The molecule has 122 valence electrons. The maximum absolute atomic E-state index is 12.8. The fourth-order valence-electron chi connectivity index (χ4n) is 4.05. The molecule has 0 bridgehead atoms. The van der Waals surface area contributed by atoms with E-state index in [4.69, 9.17) is 11.6 Å². The summed E-state index contributed by atoms with van der Waals surface area (Å²) in [5.41, 5.74) is -0.632. The molecular weight excluding hydrogens is 316 g/mol. The van der Waals surface area contributed by atoms with Crippen LogP contribution in [0, 0.1) is 0 Å². The van der Waals surface area contributed by atoms with Crippen LogP contribution in [-0.2, 0) is 4.79 Å². The average Bonchev–Trinajstić information content (AvgIpc) is 3.19. The fraction of sp³-hybridized carbons (Fsp3) is 0.562. The summed E-state index contributed by atoms with van der Waals surface area (Å²) < 4.78 is 0. The van der Waals surface area contributed by atoms with Gasteiger partial charge in [0.05, 0.1) is 11.1 Å². The molecule has 0 N–H and O–H groups in total. The second-order valence-electron chi connectivity index (χ2n) is 6.68. The van der Waals surface area contributed by atoms with Crippen molar-refractivity contribution in [2.45, 2.75) is 37.8 Å². The molecule has 3 saturated heterocycles. The first kappa shape index (κ1) is 14.8. The number of amides is 3. The molecule has 0 spiro atoms. The lowest BCUT2D eigenvalue weighted by Gasteiger charge is -2.24. The van der Waals surface area contributed by atoms with Gasteiger partial charge in [-0.2, -0.15) is 0 Å². The number of urea groups is 1. The van der Waals surface area contributed by atoms with Crippen molar-refractivity contribution in [3.63, 3.8) is 0 Å². The Kier molecular flexibility index (Phi) is 3.27. The van der Waals surface area contributed by atoms with Crippen LogP contribution in [-0.4, -0.2) is 57.9 Å². The van der Waals surface area contributed by atoms with E-state index in [1.165, 1.54) is 4.90 Å². The third-order valence-corrected chi connectivity index (χ3v) is 5.62. The molecule has 0 aliphatic carbocycles. The zero-order chi connectivity index (χ0) is 16.2. The maximum Gasteiger partial charge on any atom is 0.327 e. The predicted molar refractivity (Wildman–Crippen MR) is 86.5 cm³/mol. The third-order valence-electron chi connectivity index (χ3n) is 5.32. The van der Waals surface area contributed by atoms with Gasteiger partial charge in [-0.05, 0) is 38.3 Å². The predicted octanol–water partition coefficient (Wildman–Crippen LogP) is 2.13. The summed E-state index contributed by atoms with van der Waals surface area (Å²) in [6.45, 7) is 3.91. The van der Waals surface area contributed by atoms with E-state index < -0.39 is 5.54 Å². The number of aromatic nitrogens is 1. The van der Waals surface area contributed by atoms with Crippen LogP contribution in [0.3, 0.4) is 0 Å². The van der Waals surface area contributed by atoms with Crippen molar-refractivity contribution >= 4 is 29.4 Å². The van der Waals surface area contributed by atoms with E-state index in [0.29, 0.717) is 18.1 Å². The van der Waals surface area contributed by atoms with Crippen molar-refractivity contribution in [3.05, 3.63) is 23.4 Å². The summed E-state index contributed by atoms with van der Waals surface area (Å²) in [6.07, 6.45) is 4.13. The molecule has 3 aliphatic heterocycles. The highest BCUT2D eigenvalue weighted by Gasteiger charge is 2.58. The average molecular weight is 335 g/mol. The van der Waals surface area contributed by atoms with E-state index in [9.17, 15) is 9.59 Å². The van der Waals surface area contributed by atoms with Crippen LogP contribution in [0.1, 0.15) is 26.2 Å². The van der Waals surface area contributed by atoms with E-state index in [2.05, 4.69) is 9.88 Å². The van der Waals surface area contributed by atoms with Crippen LogP contribution in [0.5, 0.6) is 0 Å². The van der Waals surface area contributed by atoms with Crippen molar-refractivity contribution in [3.8, 4) is 0 Å². The van der Waals surface area contributed by atoms with Gasteiger partial charge in [-0.3, -0.25) is 9.69 Å². The Labute approximate surface area is 140 Å². The van der Waals surface area contributed by atoms with Gasteiger partial charge in [-0.25, -0.2) is 9.78 Å². The molecule has 0 saturated carbocycles. The minimum atomic E-state index is -0.632. The SMILES string of the molecule is CC12CCCN1C(=O)N(C1CCN(c3ncccc3Cl)C1)C2=O. The zero-order valence-electron chi connectivity index (χ0n) is 13.0. The Balaban J connectivity index is 1.56. The maximum atomic E-state index is 12.8. The Morgan fingerprint density at radius 2 is 2.17 bits per heavy atom. The number of hydrogen-bond acceptors (Lipinski definition) is 4. The first-order valence-electron chi connectivity index (χ1n) is 8.03. The summed E-state index contributed by atoms with van der Waals surface area (Å²) >= 11 is 6.21. The highest BCUT2D eigenvalue weighted by atomic mass is 35.5. The van der Waals surface area contributed by atoms with E-state index in [1.54, 1.807) is 23.2 Å². The summed E-state index contributed by atoms with van der Waals surface area (Å²) in [4.78, 5) is 35.1. The van der Waals surface area contributed by atoms with E-state index in [-0.39, 0.29) is 18.0 Å². The molecule has 0 radical (unpaired) electrons. The van der Waals surface area contributed by atoms with Gasteiger partial charge in [-0.15, -0.1) is 0 Å². The van der Waals surface area contributed by atoms with Crippen LogP contribution < -0.4 is 4.90 Å². The smallest absolute Gasteiger partial charge is 0.327 e. The lowest BCUT2D eigenvalue weighted by atomic mass is 9.99. The number of pyridine rings is 1.